The van der Waals surface area contributed by atoms with E-state index in [-0.39, 0.29) is 56.4 Å². The zero-order valence-corrected chi connectivity index (χ0v) is 43.3. The zero-order valence-electron chi connectivity index (χ0n) is 43.3. The fourth-order valence-corrected chi connectivity index (χ4v) is 8.90. The van der Waals surface area contributed by atoms with Crippen LogP contribution in [0.4, 0.5) is 55.5 Å². The number of pyridine rings is 2. The predicted octanol–water partition coefficient (Wildman–Crippen LogP) is 10.2. The number of hydrogen-bond acceptors (Lipinski definition) is 14. The monoisotopic (exact) mass is 1170 g/mol. The average Bonchev–Trinajstić information content (AvgIpc) is 4.03. The van der Waals surface area contributed by atoms with E-state index in [2.05, 4.69) is 19.9 Å². The molecule has 6 heterocycles. The maximum absolute atomic E-state index is 13.9. The molecule has 2 aliphatic heterocycles. The van der Waals surface area contributed by atoms with Crippen LogP contribution in [0.2, 0.25) is 0 Å². The number of aryl methyl sites for hydroxylation is 1. The molecule has 0 radical (unpaired) electrons. The van der Waals surface area contributed by atoms with Crippen LogP contribution in [0.25, 0.3) is 22.9 Å². The molecule has 2 aliphatic rings. The molecular weight excluding hydrogens is 1110 g/mol. The van der Waals surface area contributed by atoms with E-state index in [1.54, 1.807) is 60.4 Å². The van der Waals surface area contributed by atoms with E-state index in [1.165, 1.54) is 65.8 Å². The minimum Gasteiger partial charge on any atom is -0.432 e. The summed E-state index contributed by atoms with van der Waals surface area (Å²) in [6.07, 6.45) is -16.6. The van der Waals surface area contributed by atoms with Crippen molar-refractivity contribution in [2.75, 3.05) is 62.2 Å². The van der Waals surface area contributed by atoms with Gasteiger partial charge in [-0.2, -0.15) is 39.5 Å². The summed E-state index contributed by atoms with van der Waals surface area (Å²) >= 11 is 0. The molecule has 0 bridgehead atoms. The molecule has 2 N–H and O–H groups in total. The molecule has 4 aromatic heterocycles. The van der Waals surface area contributed by atoms with Gasteiger partial charge in [0.15, 0.2) is 17.5 Å². The number of alkyl halides is 9. The Bertz CT molecular complexity index is 3360. The summed E-state index contributed by atoms with van der Waals surface area (Å²) in [6.45, 7) is 3.65. The van der Waals surface area contributed by atoms with Gasteiger partial charge < -0.3 is 38.6 Å². The molecule has 26 heteroatoms. The smallest absolute Gasteiger partial charge is 0.432 e. The number of anilines is 2. The third-order valence-electron chi connectivity index (χ3n) is 13.2. The fraction of sp³-hybridized carbons (Fsp3) is 0.333. The Balaban J connectivity index is 0.000000237. The Morgan fingerprint density at radius 2 is 1.00 bits per heavy atom. The van der Waals surface area contributed by atoms with E-state index in [0.717, 1.165) is 11.0 Å². The Labute approximate surface area is 468 Å². The number of ketones is 2. The standard InChI is InChI=1S/C31H28F4N4O4.C25H22F6N4O4.CH4/c1-19-8-10-22(17-23(19)32)26(41)30(42)39-13-5-12-38(14-15-39)25-11-9-20(18-36-25)16-24(40)27-28(31(33,34)35)37-29(43-27)21-6-3-2-4-7-21;26-24(27,28)20-19(39-22(33-20)16-5-2-1-3-6-16)17(36)13-15-7-8-18(32-14-15)34-9-4-10-35(12-11-34)23(38)21(37)25(29,30)31;/h2-4,6-11,17-18,26,41H,5,12-16H2,1H3;1-3,5-8,14,21,37H,4,9-13H2;1H4/t26-;;/m1../s1. The number of halogens is 10. The van der Waals surface area contributed by atoms with Crippen molar-refractivity contribution in [1.82, 2.24) is 29.7 Å². The number of rotatable bonds is 13. The van der Waals surface area contributed by atoms with Gasteiger partial charge in [0, 0.05) is 88.7 Å². The lowest BCUT2D eigenvalue weighted by atomic mass is 10.1. The van der Waals surface area contributed by atoms with Crippen LogP contribution in [0, 0.1) is 12.7 Å². The Hall–Kier alpha value is -8.52. The lowest BCUT2D eigenvalue weighted by Crippen LogP contribution is -2.47. The molecule has 2 fully saturated rings. The number of aromatic nitrogens is 4. The highest BCUT2D eigenvalue weighted by atomic mass is 19.4. The van der Waals surface area contributed by atoms with Gasteiger partial charge >= 0.3 is 18.5 Å². The number of aliphatic hydroxyl groups is 2. The van der Waals surface area contributed by atoms with E-state index in [4.69, 9.17) is 8.83 Å². The number of hydrogen-bond donors (Lipinski definition) is 2. The van der Waals surface area contributed by atoms with Crippen LogP contribution >= 0.6 is 0 Å². The Morgan fingerprint density at radius 1 is 0.566 bits per heavy atom. The van der Waals surface area contributed by atoms with E-state index >= 15 is 0 Å². The average molecular weight is 1170 g/mol. The first kappa shape index (κ1) is 62.1. The Morgan fingerprint density at radius 3 is 1.39 bits per heavy atom. The van der Waals surface area contributed by atoms with Crippen LogP contribution in [-0.4, -0.2) is 128 Å². The van der Waals surface area contributed by atoms with Crippen molar-refractivity contribution in [3.63, 3.8) is 0 Å². The number of amides is 2. The molecule has 0 aliphatic carbocycles. The highest BCUT2D eigenvalue weighted by Gasteiger charge is 2.46. The molecule has 0 saturated carbocycles. The second kappa shape index (κ2) is 26.2. The van der Waals surface area contributed by atoms with Crippen LogP contribution in [0.5, 0.6) is 0 Å². The SMILES string of the molecule is C.Cc1ccc([C@@H](O)C(=O)N2CCCN(c3ccc(CC(=O)c4oc(-c5ccccc5)nc4C(F)(F)F)cn3)CC2)cc1F.O=C(Cc1ccc(N2CCCN(C(=O)C(O)C(F)(F)F)CC2)nc1)c1oc(-c2ccccc2)nc1C(F)(F)F. The second-order valence-electron chi connectivity index (χ2n) is 19.1. The summed E-state index contributed by atoms with van der Waals surface area (Å²) in [7, 11) is 0. The summed E-state index contributed by atoms with van der Waals surface area (Å²) in [5.41, 5.74) is -0.914. The summed E-state index contributed by atoms with van der Waals surface area (Å²) in [6, 6.07) is 26.3. The van der Waals surface area contributed by atoms with Crippen molar-refractivity contribution in [2.45, 2.75) is 70.8 Å². The number of oxazole rings is 2. The molecular formula is C57H54F10N8O8. The largest absolute Gasteiger partial charge is 0.437 e. The molecule has 440 valence electrons. The van der Waals surface area contributed by atoms with Gasteiger partial charge in [-0.1, -0.05) is 68.1 Å². The van der Waals surface area contributed by atoms with E-state index < -0.39 is 89.3 Å². The van der Waals surface area contributed by atoms with Gasteiger partial charge in [-0.15, -0.1) is 0 Å². The number of benzene rings is 3. The van der Waals surface area contributed by atoms with E-state index in [0.29, 0.717) is 79.5 Å². The minimum atomic E-state index is -5.06. The number of carbonyl (C=O) groups excluding carboxylic acids is 4. The number of carbonyl (C=O) groups is 4. The lowest BCUT2D eigenvalue weighted by Gasteiger charge is -2.25. The first-order valence-electron chi connectivity index (χ1n) is 25.3. The van der Waals surface area contributed by atoms with Crippen LogP contribution in [0.1, 0.15) is 81.1 Å². The summed E-state index contributed by atoms with van der Waals surface area (Å²) < 4.78 is 144. The summed E-state index contributed by atoms with van der Waals surface area (Å²) in [4.78, 5) is 72.4. The molecule has 2 amide bonds. The topological polar surface area (TPSA) is 200 Å². The minimum absolute atomic E-state index is 0. The highest BCUT2D eigenvalue weighted by Crippen LogP contribution is 2.37. The fourth-order valence-electron chi connectivity index (χ4n) is 8.90. The molecule has 2 atom stereocenters. The van der Waals surface area contributed by atoms with E-state index in [1.807, 2.05) is 4.90 Å². The van der Waals surface area contributed by atoms with Crippen molar-refractivity contribution < 1.29 is 82.1 Å². The van der Waals surface area contributed by atoms with Crippen molar-refractivity contribution in [2.24, 2.45) is 0 Å². The number of Topliss-reactive ketones (excluding diaryl/α,β-unsaturated/α-hetero) is 2. The third-order valence-corrected chi connectivity index (χ3v) is 13.2. The number of nitrogens with zero attached hydrogens (tertiary/aromatic N) is 8. The Kier molecular flexibility index (Phi) is 19.6. The molecule has 0 spiro atoms. The van der Waals surface area contributed by atoms with Gasteiger partial charge in [0.2, 0.25) is 41.0 Å². The summed E-state index contributed by atoms with van der Waals surface area (Å²) in [5, 5.41) is 19.8. The third kappa shape index (κ3) is 15.3. The molecule has 3 aromatic carbocycles. The molecule has 1 unspecified atom stereocenters. The van der Waals surface area contributed by atoms with Gasteiger partial charge in [0.05, 0.1) is 0 Å². The summed E-state index contributed by atoms with van der Waals surface area (Å²) in [5.74, 6) is -5.71. The number of aliphatic hydroxyl groups excluding tert-OH is 2. The molecule has 9 rings (SSSR count). The van der Waals surface area contributed by atoms with Crippen molar-refractivity contribution in [3.8, 4) is 22.9 Å². The maximum Gasteiger partial charge on any atom is 0.437 e. The van der Waals surface area contributed by atoms with Gasteiger partial charge in [0.25, 0.3) is 11.8 Å². The molecule has 7 aromatic rings. The lowest BCUT2D eigenvalue weighted by molar-refractivity contribution is -0.210. The highest BCUT2D eigenvalue weighted by molar-refractivity contribution is 5.97. The van der Waals surface area contributed by atoms with Gasteiger partial charge in [-0.05, 0) is 84.5 Å². The van der Waals surface area contributed by atoms with Gasteiger partial charge in [0.1, 0.15) is 17.5 Å². The van der Waals surface area contributed by atoms with Crippen molar-refractivity contribution in [1.29, 1.82) is 0 Å². The molecule has 16 nitrogen and oxygen atoms in total. The quantitative estimate of drug-likeness (QED) is 0.0816. The van der Waals surface area contributed by atoms with Crippen molar-refractivity contribution in [3.05, 3.63) is 167 Å². The van der Waals surface area contributed by atoms with Gasteiger partial charge in [-0.25, -0.2) is 24.3 Å². The first-order chi connectivity index (χ1) is 38.8. The van der Waals surface area contributed by atoms with Crippen LogP contribution in [0.3, 0.4) is 0 Å². The molecule has 2 saturated heterocycles. The molecule has 83 heavy (non-hydrogen) atoms. The van der Waals surface area contributed by atoms with Crippen LogP contribution in [-0.2, 0) is 34.8 Å². The van der Waals surface area contributed by atoms with Crippen molar-refractivity contribution >= 4 is 35.0 Å². The van der Waals surface area contributed by atoms with E-state index in [9.17, 15) is 73.3 Å². The van der Waals surface area contributed by atoms with Crippen LogP contribution in [0.15, 0.2) is 124 Å². The second-order valence-corrected chi connectivity index (χ2v) is 19.1. The van der Waals surface area contributed by atoms with Crippen LogP contribution < -0.4 is 9.80 Å². The maximum atomic E-state index is 13.9. The first-order valence-corrected chi connectivity index (χ1v) is 25.3. The zero-order chi connectivity index (χ0) is 59.1. The predicted molar refractivity (Wildman–Crippen MR) is 280 cm³/mol. The van der Waals surface area contributed by atoms with Gasteiger partial charge in [-0.3, -0.25) is 19.2 Å². The normalized spacial score (nSPS) is 15.0.